The molecule has 0 radical (unpaired) electrons. The van der Waals surface area contributed by atoms with E-state index in [0.717, 1.165) is 11.1 Å². The fourth-order valence-corrected chi connectivity index (χ4v) is 2.84. The summed E-state index contributed by atoms with van der Waals surface area (Å²) in [6.45, 7) is 6.09. The van der Waals surface area contributed by atoms with Crippen LogP contribution in [0.4, 0.5) is 0 Å². The van der Waals surface area contributed by atoms with E-state index >= 15 is 0 Å². The van der Waals surface area contributed by atoms with Gasteiger partial charge in [0.25, 0.3) is 0 Å². The first kappa shape index (κ1) is 15.3. The molecule has 1 aliphatic heterocycles. The van der Waals surface area contributed by atoms with Crippen LogP contribution in [0, 0.1) is 12.8 Å². The van der Waals surface area contributed by atoms with Gasteiger partial charge in [0.05, 0.1) is 12.0 Å². The molecule has 4 heteroatoms. The summed E-state index contributed by atoms with van der Waals surface area (Å²) in [4.78, 5) is 26.1. The van der Waals surface area contributed by atoms with E-state index in [9.17, 15) is 9.59 Å². The molecule has 4 nitrogen and oxygen atoms in total. The highest BCUT2D eigenvalue weighted by Crippen LogP contribution is 2.35. The smallest absolute Gasteiger partial charge is 0.225 e. The molecule has 0 saturated carbocycles. The number of aryl methyl sites for hydroxylation is 1. The molecule has 2 atom stereocenters. The molecule has 2 amide bonds. The van der Waals surface area contributed by atoms with E-state index in [2.05, 4.69) is 11.9 Å². The molecule has 0 unspecified atom stereocenters. The number of carbonyl (C=O) groups excluding carboxylic acids is 2. The second-order valence-corrected chi connectivity index (χ2v) is 5.54. The third kappa shape index (κ3) is 3.32. The van der Waals surface area contributed by atoms with E-state index in [4.69, 9.17) is 0 Å². The fraction of sp³-hybridized carbons (Fsp3) is 0.412. The Morgan fingerprint density at radius 3 is 2.71 bits per heavy atom. The van der Waals surface area contributed by atoms with Crippen molar-refractivity contribution in [3.63, 3.8) is 0 Å². The number of hydrogen-bond donors (Lipinski definition) is 1. The molecule has 1 fully saturated rings. The molecular weight excluding hydrogens is 264 g/mol. The normalized spacial score (nSPS) is 22.0. The Balaban J connectivity index is 2.28. The molecule has 21 heavy (non-hydrogen) atoms. The second kappa shape index (κ2) is 6.57. The number of nitrogens with one attached hydrogen (secondary N) is 1. The van der Waals surface area contributed by atoms with E-state index in [0.29, 0.717) is 19.4 Å². The van der Waals surface area contributed by atoms with Crippen molar-refractivity contribution in [3.8, 4) is 0 Å². The number of amides is 2. The Labute approximate surface area is 125 Å². The van der Waals surface area contributed by atoms with Gasteiger partial charge < -0.3 is 10.2 Å². The van der Waals surface area contributed by atoms with Crippen LogP contribution in [0.15, 0.2) is 36.9 Å². The minimum absolute atomic E-state index is 0.0141. The maximum absolute atomic E-state index is 12.4. The maximum Gasteiger partial charge on any atom is 0.225 e. The third-order valence-corrected chi connectivity index (χ3v) is 4.04. The van der Waals surface area contributed by atoms with E-state index in [1.807, 2.05) is 31.2 Å². The van der Waals surface area contributed by atoms with E-state index < -0.39 is 0 Å². The van der Waals surface area contributed by atoms with Gasteiger partial charge in [-0.15, -0.1) is 6.58 Å². The lowest BCUT2D eigenvalue weighted by Gasteiger charge is -2.38. The summed E-state index contributed by atoms with van der Waals surface area (Å²) in [5, 5.41) is 2.85. The molecule has 0 spiro atoms. The monoisotopic (exact) mass is 286 g/mol. The molecule has 0 bridgehead atoms. The average molecular weight is 286 g/mol. The van der Waals surface area contributed by atoms with Gasteiger partial charge in [-0.05, 0) is 18.9 Å². The summed E-state index contributed by atoms with van der Waals surface area (Å²) in [6.07, 6.45) is 2.67. The highest BCUT2D eigenvalue weighted by atomic mass is 16.2. The molecule has 1 saturated heterocycles. The quantitative estimate of drug-likeness (QED) is 0.863. The lowest BCUT2D eigenvalue weighted by molar-refractivity contribution is -0.141. The lowest BCUT2D eigenvalue weighted by Crippen LogP contribution is -2.46. The van der Waals surface area contributed by atoms with Crippen molar-refractivity contribution >= 4 is 11.8 Å². The largest absolute Gasteiger partial charge is 0.352 e. The van der Waals surface area contributed by atoms with Gasteiger partial charge in [-0.25, -0.2) is 0 Å². The number of hydrogen-bond acceptors (Lipinski definition) is 2. The summed E-state index contributed by atoms with van der Waals surface area (Å²) < 4.78 is 0. The van der Waals surface area contributed by atoms with E-state index in [-0.39, 0.29) is 23.8 Å². The van der Waals surface area contributed by atoms with Gasteiger partial charge in [0, 0.05) is 20.0 Å². The highest BCUT2D eigenvalue weighted by Gasteiger charge is 2.38. The summed E-state index contributed by atoms with van der Waals surface area (Å²) in [6, 6.07) is 7.84. The summed E-state index contributed by atoms with van der Waals surface area (Å²) in [5.41, 5.74) is 2.17. The van der Waals surface area contributed by atoms with E-state index in [1.54, 1.807) is 18.0 Å². The Morgan fingerprint density at radius 2 is 2.10 bits per heavy atom. The number of rotatable bonds is 4. The minimum atomic E-state index is -0.213. The van der Waals surface area contributed by atoms with Crippen LogP contribution in [0.1, 0.15) is 30.0 Å². The van der Waals surface area contributed by atoms with Gasteiger partial charge >= 0.3 is 0 Å². The first-order chi connectivity index (χ1) is 10.0. The van der Waals surface area contributed by atoms with Crippen LogP contribution >= 0.6 is 0 Å². The molecule has 1 aromatic carbocycles. The van der Waals surface area contributed by atoms with Crippen LogP contribution in [0.3, 0.4) is 0 Å². The number of benzene rings is 1. The molecule has 1 N–H and O–H groups in total. The predicted molar refractivity (Wildman–Crippen MR) is 82.6 cm³/mol. The van der Waals surface area contributed by atoms with Gasteiger partial charge in [0.15, 0.2) is 0 Å². The Morgan fingerprint density at radius 1 is 1.43 bits per heavy atom. The topological polar surface area (TPSA) is 49.4 Å². The van der Waals surface area contributed by atoms with E-state index in [1.165, 1.54) is 0 Å². The van der Waals surface area contributed by atoms with Gasteiger partial charge in [-0.3, -0.25) is 9.59 Å². The van der Waals surface area contributed by atoms with Crippen LogP contribution in [0.2, 0.25) is 0 Å². The summed E-state index contributed by atoms with van der Waals surface area (Å²) >= 11 is 0. The molecule has 1 aliphatic rings. The van der Waals surface area contributed by atoms with Crippen molar-refractivity contribution in [2.45, 2.75) is 25.8 Å². The average Bonchev–Trinajstić information content (AvgIpc) is 2.48. The van der Waals surface area contributed by atoms with Crippen LogP contribution in [-0.4, -0.2) is 30.3 Å². The van der Waals surface area contributed by atoms with Gasteiger partial charge in [-0.2, -0.15) is 0 Å². The number of piperidine rings is 1. The third-order valence-electron chi connectivity index (χ3n) is 4.04. The zero-order valence-corrected chi connectivity index (χ0v) is 12.6. The molecule has 1 aromatic rings. The van der Waals surface area contributed by atoms with Gasteiger partial charge in [0.1, 0.15) is 0 Å². The van der Waals surface area contributed by atoms with Crippen molar-refractivity contribution < 1.29 is 9.59 Å². The van der Waals surface area contributed by atoms with Crippen molar-refractivity contribution in [2.75, 3.05) is 13.6 Å². The standard InChI is InChI=1S/C17H22N2O2/c1-4-11-18-17(21)14-9-10-15(20)19(3)16(14)13-7-5-12(2)6-8-13/h4-8,14,16H,1,9-11H2,2-3H3,(H,18,21)/t14-,16-/m0/s1. The van der Waals surface area contributed by atoms with Crippen LogP contribution in [0.25, 0.3) is 0 Å². The zero-order valence-electron chi connectivity index (χ0n) is 12.6. The number of likely N-dealkylation sites (tertiary alicyclic amines) is 1. The lowest BCUT2D eigenvalue weighted by atomic mass is 9.83. The van der Waals surface area contributed by atoms with Crippen molar-refractivity contribution in [1.29, 1.82) is 0 Å². The zero-order chi connectivity index (χ0) is 15.4. The van der Waals surface area contributed by atoms with Crippen LogP contribution in [0.5, 0.6) is 0 Å². The van der Waals surface area contributed by atoms with Crippen molar-refractivity contribution in [3.05, 3.63) is 48.0 Å². The Hall–Kier alpha value is -2.10. The van der Waals surface area contributed by atoms with Crippen molar-refractivity contribution in [1.82, 2.24) is 10.2 Å². The highest BCUT2D eigenvalue weighted by molar-refractivity contribution is 5.85. The Bertz CT molecular complexity index is 536. The molecule has 0 aromatic heterocycles. The minimum Gasteiger partial charge on any atom is -0.352 e. The Kier molecular flexibility index (Phi) is 4.78. The second-order valence-electron chi connectivity index (χ2n) is 5.54. The van der Waals surface area contributed by atoms with Crippen LogP contribution in [-0.2, 0) is 9.59 Å². The molecule has 112 valence electrons. The molecule has 1 heterocycles. The fourth-order valence-electron chi connectivity index (χ4n) is 2.84. The number of nitrogens with zero attached hydrogens (tertiary/aromatic N) is 1. The van der Waals surface area contributed by atoms with Gasteiger partial charge in [0.2, 0.25) is 11.8 Å². The molecular formula is C17H22N2O2. The van der Waals surface area contributed by atoms with Crippen molar-refractivity contribution in [2.24, 2.45) is 5.92 Å². The summed E-state index contributed by atoms with van der Waals surface area (Å²) in [5.74, 6) is -0.136. The first-order valence-corrected chi connectivity index (χ1v) is 7.25. The van der Waals surface area contributed by atoms with Crippen LogP contribution < -0.4 is 5.32 Å². The molecule has 0 aliphatic carbocycles. The number of carbonyl (C=O) groups is 2. The maximum atomic E-state index is 12.4. The first-order valence-electron chi connectivity index (χ1n) is 7.25. The predicted octanol–water partition coefficient (Wildman–Crippen LogP) is 2.21. The molecule has 2 rings (SSSR count). The SMILES string of the molecule is C=CCNC(=O)[C@H]1CCC(=O)N(C)[C@H]1c1ccc(C)cc1. The van der Waals surface area contributed by atoms with Gasteiger partial charge in [-0.1, -0.05) is 35.9 Å². The summed E-state index contributed by atoms with van der Waals surface area (Å²) in [7, 11) is 1.78.